The molecule has 1 N–H and O–H groups in total. The van der Waals surface area contributed by atoms with Gasteiger partial charge in [-0.15, -0.1) is 0 Å². The quantitative estimate of drug-likeness (QED) is 0.820. The van der Waals surface area contributed by atoms with Crippen molar-refractivity contribution in [3.63, 3.8) is 0 Å². The van der Waals surface area contributed by atoms with Gasteiger partial charge in [0, 0.05) is 21.7 Å². The minimum Gasteiger partial charge on any atom is -0.381 e. The largest absolute Gasteiger partial charge is 0.381 e. The smallest absolute Gasteiger partial charge is 0.125 e. The van der Waals surface area contributed by atoms with E-state index in [-0.39, 0.29) is 5.82 Å². The van der Waals surface area contributed by atoms with Crippen LogP contribution in [0, 0.1) is 12.7 Å². The van der Waals surface area contributed by atoms with Crippen molar-refractivity contribution in [2.45, 2.75) is 13.5 Å². The van der Waals surface area contributed by atoms with Gasteiger partial charge in [0.25, 0.3) is 0 Å². The summed E-state index contributed by atoms with van der Waals surface area (Å²) in [5.74, 6) is -0.313. The van der Waals surface area contributed by atoms with Crippen molar-refractivity contribution in [2.24, 2.45) is 0 Å². The Balaban J connectivity index is 2.11. The van der Waals surface area contributed by atoms with Crippen LogP contribution in [0.5, 0.6) is 0 Å². The molecule has 0 saturated carbocycles. The lowest BCUT2D eigenvalue weighted by molar-refractivity contribution is 0.626. The molecule has 0 heterocycles. The Bertz CT molecular complexity index is 551. The van der Waals surface area contributed by atoms with Gasteiger partial charge >= 0.3 is 0 Å². The van der Waals surface area contributed by atoms with E-state index in [0.29, 0.717) is 11.6 Å². The third-order valence-corrected chi connectivity index (χ3v) is 3.31. The summed E-state index contributed by atoms with van der Waals surface area (Å²) in [6.07, 6.45) is 0. The zero-order chi connectivity index (χ0) is 13.1. The molecule has 0 aromatic heterocycles. The molecule has 0 bridgehead atoms. The molecule has 2 aromatic carbocycles. The van der Waals surface area contributed by atoms with E-state index in [4.69, 9.17) is 11.6 Å². The van der Waals surface area contributed by atoms with Gasteiger partial charge in [-0.25, -0.2) is 4.39 Å². The molecule has 0 atom stereocenters. The van der Waals surface area contributed by atoms with Gasteiger partial charge in [-0.3, -0.25) is 0 Å². The monoisotopic (exact) mass is 327 g/mol. The zero-order valence-electron chi connectivity index (χ0n) is 9.81. The summed E-state index contributed by atoms with van der Waals surface area (Å²) >= 11 is 9.23. The Morgan fingerprint density at radius 1 is 1.22 bits per heavy atom. The van der Waals surface area contributed by atoms with E-state index < -0.39 is 0 Å². The lowest BCUT2D eigenvalue weighted by Crippen LogP contribution is -2.01. The van der Waals surface area contributed by atoms with Crippen LogP contribution in [-0.4, -0.2) is 0 Å². The first kappa shape index (κ1) is 13.4. The summed E-state index contributed by atoms with van der Waals surface area (Å²) in [5, 5.41) is 3.68. The molecule has 4 heteroatoms. The number of hydrogen-bond donors (Lipinski definition) is 1. The molecule has 0 saturated heterocycles. The molecule has 0 amide bonds. The maximum absolute atomic E-state index is 13.2. The van der Waals surface area contributed by atoms with Crippen molar-refractivity contribution < 1.29 is 4.39 Å². The van der Waals surface area contributed by atoms with Gasteiger partial charge in [-0.05, 0) is 54.4 Å². The summed E-state index contributed by atoms with van der Waals surface area (Å²) in [6.45, 7) is 2.56. The van der Waals surface area contributed by atoms with E-state index >= 15 is 0 Å². The van der Waals surface area contributed by atoms with Gasteiger partial charge in [0.15, 0.2) is 0 Å². The molecule has 18 heavy (non-hydrogen) atoms. The topological polar surface area (TPSA) is 12.0 Å². The fourth-order valence-electron chi connectivity index (χ4n) is 1.74. The third kappa shape index (κ3) is 3.47. The normalized spacial score (nSPS) is 10.4. The minimum atomic E-state index is -0.313. The Morgan fingerprint density at radius 2 is 2.00 bits per heavy atom. The highest BCUT2D eigenvalue weighted by Gasteiger charge is 2.02. The van der Waals surface area contributed by atoms with Gasteiger partial charge in [-0.1, -0.05) is 27.5 Å². The van der Waals surface area contributed by atoms with Crippen LogP contribution in [0.15, 0.2) is 40.9 Å². The van der Waals surface area contributed by atoms with Gasteiger partial charge in [0.05, 0.1) is 0 Å². The predicted octanol–water partition coefficient (Wildman–Crippen LogP) is 5.16. The molecule has 0 radical (unpaired) electrons. The maximum Gasteiger partial charge on any atom is 0.125 e. The summed E-state index contributed by atoms with van der Waals surface area (Å²) in [5.41, 5.74) is 2.98. The lowest BCUT2D eigenvalue weighted by Gasteiger charge is -2.10. The van der Waals surface area contributed by atoms with E-state index in [1.54, 1.807) is 6.07 Å². The first-order valence-corrected chi connectivity index (χ1v) is 6.67. The number of nitrogens with one attached hydrogen (secondary N) is 1. The summed E-state index contributed by atoms with van der Waals surface area (Å²) in [4.78, 5) is 0. The lowest BCUT2D eigenvalue weighted by atomic mass is 10.1. The van der Waals surface area contributed by atoms with E-state index in [2.05, 4.69) is 21.2 Å². The molecule has 0 aliphatic heterocycles. The van der Waals surface area contributed by atoms with Gasteiger partial charge < -0.3 is 5.32 Å². The first-order valence-electron chi connectivity index (χ1n) is 5.49. The average Bonchev–Trinajstić information content (AvgIpc) is 2.26. The molecule has 2 rings (SSSR count). The average molecular weight is 329 g/mol. The zero-order valence-corrected chi connectivity index (χ0v) is 12.1. The molecular formula is C14H12BrClFN. The second-order valence-corrected chi connectivity index (χ2v) is 5.44. The summed E-state index contributed by atoms with van der Waals surface area (Å²) in [6, 6.07) is 10.5. The molecule has 0 spiro atoms. The van der Waals surface area contributed by atoms with Crippen molar-refractivity contribution in [3.05, 3.63) is 62.8 Å². The van der Waals surface area contributed by atoms with Crippen LogP contribution in [0.2, 0.25) is 5.02 Å². The summed E-state index contributed by atoms with van der Waals surface area (Å²) in [7, 11) is 0. The highest BCUT2D eigenvalue weighted by atomic mass is 79.9. The van der Waals surface area contributed by atoms with Crippen LogP contribution in [-0.2, 0) is 6.54 Å². The molecule has 94 valence electrons. The highest BCUT2D eigenvalue weighted by molar-refractivity contribution is 9.10. The molecular weight excluding hydrogens is 317 g/mol. The molecule has 0 unspecified atom stereocenters. The predicted molar refractivity (Wildman–Crippen MR) is 77.6 cm³/mol. The fraction of sp³-hybridized carbons (Fsp3) is 0.143. The van der Waals surface area contributed by atoms with Crippen molar-refractivity contribution in [3.8, 4) is 0 Å². The second kappa shape index (κ2) is 5.72. The number of benzene rings is 2. The Hall–Kier alpha value is -1.06. The number of anilines is 1. The molecule has 0 aliphatic carbocycles. The van der Waals surface area contributed by atoms with Crippen LogP contribution < -0.4 is 5.32 Å². The molecule has 0 fully saturated rings. The van der Waals surface area contributed by atoms with Crippen LogP contribution >= 0.6 is 27.5 Å². The second-order valence-electron chi connectivity index (χ2n) is 4.09. The van der Waals surface area contributed by atoms with E-state index in [9.17, 15) is 4.39 Å². The Kier molecular flexibility index (Phi) is 4.25. The van der Waals surface area contributed by atoms with Crippen molar-refractivity contribution in [2.75, 3.05) is 5.32 Å². The Morgan fingerprint density at radius 3 is 2.67 bits per heavy atom. The van der Waals surface area contributed by atoms with Crippen LogP contribution in [0.4, 0.5) is 10.1 Å². The molecule has 1 nitrogen and oxygen atoms in total. The molecule has 0 aliphatic rings. The third-order valence-electron chi connectivity index (χ3n) is 2.59. The van der Waals surface area contributed by atoms with Crippen LogP contribution in [0.25, 0.3) is 0 Å². The number of aryl methyl sites for hydroxylation is 1. The number of halogens is 3. The molecule has 2 aromatic rings. The maximum atomic E-state index is 13.2. The summed E-state index contributed by atoms with van der Waals surface area (Å²) < 4.78 is 14.2. The number of rotatable bonds is 3. The van der Waals surface area contributed by atoms with Crippen molar-refractivity contribution in [1.82, 2.24) is 0 Å². The van der Waals surface area contributed by atoms with Crippen LogP contribution in [0.1, 0.15) is 11.1 Å². The fourth-order valence-corrected chi connectivity index (χ4v) is 2.46. The van der Waals surface area contributed by atoms with E-state index in [1.807, 2.05) is 25.1 Å². The first-order chi connectivity index (χ1) is 8.54. The Labute approximate surface area is 119 Å². The minimum absolute atomic E-state index is 0.313. The van der Waals surface area contributed by atoms with Crippen molar-refractivity contribution in [1.29, 1.82) is 0 Å². The highest BCUT2D eigenvalue weighted by Crippen LogP contribution is 2.21. The van der Waals surface area contributed by atoms with Gasteiger partial charge in [0.1, 0.15) is 5.82 Å². The standard InChI is InChI=1S/C14H12BrClFN/c1-9-4-11(15)2-3-14(9)18-8-10-5-12(16)7-13(17)6-10/h2-7,18H,8H2,1H3. The van der Waals surface area contributed by atoms with Gasteiger partial charge in [0.2, 0.25) is 0 Å². The van der Waals surface area contributed by atoms with Crippen molar-refractivity contribution >= 4 is 33.2 Å². The van der Waals surface area contributed by atoms with E-state index in [0.717, 1.165) is 21.3 Å². The van der Waals surface area contributed by atoms with E-state index in [1.165, 1.54) is 12.1 Å². The number of hydrogen-bond acceptors (Lipinski definition) is 1. The van der Waals surface area contributed by atoms with Crippen LogP contribution in [0.3, 0.4) is 0 Å². The SMILES string of the molecule is Cc1cc(Br)ccc1NCc1cc(F)cc(Cl)c1. The van der Waals surface area contributed by atoms with Gasteiger partial charge in [-0.2, -0.15) is 0 Å².